The number of aliphatic hydroxyl groups is 1. The molecular formula is C24H26N2O4S. The summed E-state index contributed by atoms with van der Waals surface area (Å²) in [4.78, 5) is 7.33. The molecule has 0 amide bonds. The average Bonchev–Trinajstić information content (AvgIpc) is 3.43. The maximum atomic E-state index is 9.94. The highest BCUT2D eigenvalue weighted by atomic mass is 32.1. The van der Waals surface area contributed by atoms with Gasteiger partial charge in [-0.1, -0.05) is 12.1 Å². The SMILES string of the molecule is Oc1cccc(CN(Cc2csc(-c3ccc4c(c3)OCO4)n2)C2CCC(O)CC2)c1. The van der Waals surface area contributed by atoms with Crippen molar-refractivity contribution in [2.24, 2.45) is 0 Å². The van der Waals surface area contributed by atoms with Gasteiger partial charge in [0, 0.05) is 30.1 Å². The molecular weight excluding hydrogens is 412 g/mol. The Bertz CT molecular complexity index is 1050. The molecule has 2 aromatic carbocycles. The minimum atomic E-state index is -0.184. The standard InChI is InChI=1S/C24H26N2O4S/c27-20-7-5-19(6-8-20)26(12-16-2-1-3-21(28)10-16)13-18-14-31-24(25-18)17-4-9-22-23(11-17)30-15-29-22/h1-4,9-11,14,19-20,27-28H,5-8,12-13,15H2. The first kappa shape index (κ1) is 20.3. The van der Waals surface area contributed by atoms with Crippen molar-refractivity contribution < 1.29 is 19.7 Å². The van der Waals surface area contributed by atoms with E-state index in [4.69, 9.17) is 14.5 Å². The van der Waals surface area contributed by atoms with Crippen molar-refractivity contribution in [3.8, 4) is 27.8 Å². The van der Waals surface area contributed by atoms with Gasteiger partial charge in [-0.2, -0.15) is 0 Å². The zero-order valence-corrected chi connectivity index (χ0v) is 18.1. The molecule has 31 heavy (non-hydrogen) atoms. The summed E-state index contributed by atoms with van der Waals surface area (Å²) in [5.74, 6) is 1.83. The van der Waals surface area contributed by atoms with Crippen molar-refractivity contribution in [3.63, 3.8) is 0 Å². The van der Waals surface area contributed by atoms with Gasteiger partial charge in [0.1, 0.15) is 10.8 Å². The lowest BCUT2D eigenvalue weighted by molar-refractivity contribution is 0.0661. The summed E-state index contributed by atoms with van der Waals surface area (Å²) in [6.45, 7) is 1.74. The van der Waals surface area contributed by atoms with Crippen LogP contribution >= 0.6 is 11.3 Å². The number of phenols is 1. The number of aromatic nitrogens is 1. The molecule has 7 heteroatoms. The van der Waals surface area contributed by atoms with E-state index in [0.717, 1.165) is 72.1 Å². The zero-order chi connectivity index (χ0) is 21.2. The van der Waals surface area contributed by atoms with Crippen molar-refractivity contribution >= 4 is 11.3 Å². The average molecular weight is 439 g/mol. The highest BCUT2D eigenvalue weighted by molar-refractivity contribution is 7.13. The third kappa shape index (κ3) is 4.69. The van der Waals surface area contributed by atoms with Crippen molar-refractivity contribution in [3.05, 3.63) is 59.1 Å². The topological polar surface area (TPSA) is 75.1 Å². The van der Waals surface area contributed by atoms with Gasteiger partial charge < -0.3 is 19.7 Å². The van der Waals surface area contributed by atoms with Gasteiger partial charge in [0.25, 0.3) is 0 Å². The van der Waals surface area contributed by atoms with Crippen molar-refractivity contribution in [2.75, 3.05) is 6.79 Å². The first-order valence-corrected chi connectivity index (χ1v) is 11.6. The highest BCUT2D eigenvalue weighted by Gasteiger charge is 2.26. The molecule has 0 unspecified atom stereocenters. The highest BCUT2D eigenvalue weighted by Crippen LogP contribution is 2.37. The van der Waals surface area contributed by atoms with Crippen LogP contribution in [-0.2, 0) is 13.1 Å². The molecule has 1 fully saturated rings. The maximum absolute atomic E-state index is 9.94. The van der Waals surface area contributed by atoms with Gasteiger partial charge in [0.15, 0.2) is 11.5 Å². The molecule has 6 nitrogen and oxygen atoms in total. The number of fused-ring (bicyclic) bond motifs is 1. The summed E-state index contributed by atoms with van der Waals surface area (Å²) in [5, 5.41) is 22.9. The molecule has 1 aliphatic carbocycles. The molecule has 2 aliphatic rings. The lowest BCUT2D eigenvalue weighted by atomic mass is 9.91. The number of thiazole rings is 1. The fraction of sp³-hybridized carbons (Fsp3) is 0.375. The molecule has 0 spiro atoms. The van der Waals surface area contributed by atoms with Crippen LogP contribution in [0.3, 0.4) is 0 Å². The molecule has 2 N–H and O–H groups in total. The fourth-order valence-corrected chi connectivity index (χ4v) is 5.18. The van der Waals surface area contributed by atoms with E-state index in [0.29, 0.717) is 6.04 Å². The van der Waals surface area contributed by atoms with Gasteiger partial charge >= 0.3 is 0 Å². The van der Waals surface area contributed by atoms with Crippen LogP contribution in [0.4, 0.5) is 0 Å². The minimum absolute atomic E-state index is 0.184. The van der Waals surface area contributed by atoms with Crippen LogP contribution in [0.15, 0.2) is 47.8 Å². The number of ether oxygens (including phenoxy) is 2. The van der Waals surface area contributed by atoms with E-state index >= 15 is 0 Å². The summed E-state index contributed by atoms with van der Waals surface area (Å²) in [5.41, 5.74) is 3.14. The Morgan fingerprint density at radius 2 is 1.84 bits per heavy atom. The van der Waals surface area contributed by atoms with Crippen LogP contribution in [0.25, 0.3) is 10.6 Å². The number of hydrogen-bond donors (Lipinski definition) is 2. The van der Waals surface area contributed by atoms with Gasteiger partial charge in [-0.05, 0) is 61.6 Å². The van der Waals surface area contributed by atoms with Crippen molar-refractivity contribution in [2.45, 2.75) is 50.9 Å². The quantitative estimate of drug-likeness (QED) is 0.588. The Labute approximate surface area is 185 Å². The summed E-state index contributed by atoms with van der Waals surface area (Å²) < 4.78 is 10.9. The summed E-state index contributed by atoms with van der Waals surface area (Å²) in [6, 6.07) is 13.8. The van der Waals surface area contributed by atoms with Gasteiger partial charge in [-0.3, -0.25) is 4.90 Å². The predicted molar refractivity (Wildman–Crippen MR) is 119 cm³/mol. The predicted octanol–water partition coefficient (Wildman–Crippen LogP) is 4.55. The Morgan fingerprint density at radius 3 is 2.68 bits per heavy atom. The molecule has 1 saturated carbocycles. The lowest BCUT2D eigenvalue weighted by Gasteiger charge is -2.35. The van der Waals surface area contributed by atoms with Gasteiger partial charge in [-0.25, -0.2) is 4.98 Å². The van der Waals surface area contributed by atoms with E-state index in [1.165, 1.54) is 0 Å². The van der Waals surface area contributed by atoms with Crippen molar-refractivity contribution in [1.82, 2.24) is 9.88 Å². The number of benzene rings is 2. The number of aromatic hydroxyl groups is 1. The van der Waals surface area contributed by atoms with Crippen LogP contribution in [-0.4, -0.2) is 39.0 Å². The van der Waals surface area contributed by atoms with Crippen molar-refractivity contribution in [1.29, 1.82) is 0 Å². The van der Waals surface area contributed by atoms with Crippen LogP contribution < -0.4 is 9.47 Å². The Balaban J connectivity index is 1.35. The monoisotopic (exact) mass is 438 g/mol. The first-order valence-electron chi connectivity index (χ1n) is 10.7. The maximum Gasteiger partial charge on any atom is 0.231 e. The van der Waals surface area contributed by atoms with Gasteiger partial charge in [0.05, 0.1) is 11.8 Å². The number of hydrogen-bond acceptors (Lipinski definition) is 7. The fourth-order valence-electron chi connectivity index (χ4n) is 4.38. The smallest absolute Gasteiger partial charge is 0.231 e. The van der Waals surface area contributed by atoms with Crippen LogP contribution in [0, 0.1) is 0 Å². The summed E-state index contributed by atoms with van der Waals surface area (Å²) in [6.07, 6.45) is 3.43. The van der Waals surface area contributed by atoms with Gasteiger partial charge in [0.2, 0.25) is 6.79 Å². The molecule has 5 rings (SSSR count). The Hall–Kier alpha value is -2.61. The summed E-state index contributed by atoms with van der Waals surface area (Å²) in [7, 11) is 0. The minimum Gasteiger partial charge on any atom is -0.508 e. The second-order valence-corrected chi connectivity index (χ2v) is 9.11. The number of aliphatic hydroxyl groups excluding tert-OH is 1. The van der Waals surface area contributed by atoms with Crippen LogP contribution in [0.1, 0.15) is 36.9 Å². The second kappa shape index (κ2) is 8.86. The van der Waals surface area contributed by atoms with E-state index in [1.54, 1.807) is 17.4 Å². The van der Waals surface area contributed by atoms with Gasteiger partial charge in [-0.15, -0.1) is 11.3 Å². The zero-order valence-electron chi connectivity index (χ0n) is 17.2. The summed E-state index contributed by atoms with van der Waals surface area (Å²) >= 11 is 1.63. The molecule has 0 atom stereocenters. The van der Waals surface area contributed by atoms with E-state index in [2.05, 4.69) is 10.3 Å². The molecule has 0 saturated heterocycles. The molecule has 3 aromatic rings. The van der Waals surface area contributed by atoms with E-state index in [1.807, 2.05) is 36.4 Å². The number of rotatable bonds is 6. The molecule has 1 aliphatic heterocycles. The van der Waals surface area contributed by atoms with E-state index < -0.39 is 0 Å². The third-order valence-electron chi connectivity index (χ3n) is 6.02. The molecule has 2 heterocycles. The lowest BCUT2D eigenvalue weighted by Crippen LogP contribution is -2.38. The largest absolute Gasteiger partial charge is 0.508 e. The number of phenolic OH excluding ortho intramolecular Hbond substituents is 1. The number of nitrogens with zero attached hydrogens (tertiary/aromatic N) is 2. The third-order valence-corrected chi connectivity index (χ3v) is 6.96. The van der Waals surface area contributed by atoms with E-state index in [9.17, 15) is 10.2 Å². The molecule has 1 aromatic heterocycles. The normalized spacial score (nSPS) is 20.3. The van der Waals surface area contributed by atoms with E-state index in [-0.39, 0.29) is 18.6 Å². The molecule has 0 bridgehead atoms. The Morgan fingerprint density at radius 1 is 1.00 bits per heavy atom. The van der Waals surface area contributed by atoms with Crippen LogP contribution in [0.5, 0.6) is 17.2 Å². The Kier molecular flexibility index (Phi) is 5.80. The van der Waals surface area contributed by atoms with Crippen LogP contribution in [0.2, 0.25) is 0 Å². The molecule has 162 valence electrons. The molecule has 0 radical (unpaired) electrons. The first-order chi connectivity index (χ1) is 15.1. The second-order valence-electron chi connectivity index (χ2n) is 8.25.